The maximum Gasteiger partial charge on any atom is 0.238 e. The van der Waals surface area contributed by atoms with E-state index in [1.807, 2.05) is 0 Å². The van der Waals surface area contributed by atoms with Gasteiger partial charge >= 0.3 is 0 Å². The lowest BCUT2D eigenvalue weighted by molar-refractivity contribution is -0.130. The minimum absolute atomic E-state index is 0.117. The highest BCUT2D eigenvalue weighted by molar-refractivity contribution is 5.84. The maximum atomic E-state index is 11.8. The van der Waals surface area contributed by atoms with Crippen molar-refractivity contribution in [2.45, 2.75) is 37.6 Å². The molecule has 2 aliphatic heterocycles. The Hall–Kier alpha value is -0.610. The molecular formula is C11H21N3O. The lowest BCUT2D eigenvalue weighted by Crippen LogP contribution is -2.56. The van der Waals surface area contributed by atoms with Crippen LogP contribution in [0.15, 0.2) is 0 Å². The van der Waals surface area contributed by atoms with E-state index < -0.39 is 0 Å². The number of amides is 1. The molecule has 0 aromatic rings. The molecular weight excluding hydrogens is 190 g/mol. The summed E-state index contributed by atoms with van der Waals surface area (Å²) in [6.45, 7) is 4.02. The number of hydrogen-bond donors (Lipinski definition) is 2. The molecule has 1 atom stereocenters. The van der Waals surface area contributed by atoms with Gasteiger partial charge in [0.25, 0.3) is 0 Å². The molecule has 0 aliphatic carbocycles. The molecule has 4 heteroatoms. The summed E-state index contributed by atoms with van der Waals surface area (Å²) in [5.74, 6) is -0.117. The fraction of sp³-hybridized carbons (Fsp3) is 0.909. The van der Waals surface area contributed by atoms with Crippen LogP contribution in [0.1, 0.15) is 32.1 Å². The Morgan fingerprint density at radius 3 is 2.53 bits per heavy atom. The summed E-state index contributed by atoms with van der Waals surface area (Å²) in [6, 6.07) is 0. The Labute approximate surface area is 91.2 Å². The van der Waals surface area contributed by atoms with Crippen LogP contribution in [0, 0.1) is 0 Å². The number of nitrogens with two attached hydrogens (primary N) is 1. The Morgan fingerprint density at radius 1 is 1.13 bits per heavy atom. The van der Waals surface area contributed by atoms with E-state index in [0.29, 0.717) is 0 Å². The van der Waals surface area contributed by atoms with Crippen LogP contribution in [0.5, 0.6) is 0 Å². The van der Waals surface area contributed by atoms with Crippen LogP contribution in [0.3, 0.4) is 0 Å². The number of primary amides is 1. The third kappa shape index (κ3) is 2.01. The molecule has 3 N–H and O–H groups in total. The number of likely N-dealkylation sites (tertiary alicyclic amines) is 1. The van der Waals surface area contributed by atoms with E-state index in [4.69, 9.17) is 5.73 Å². The third-order valence-corrected chi connectivity index (χ3v) is 3.83. The van der Waals surface area contributed by atoms with Gasteiger partial charge in [-0.2, -0.15) is 0 Å². The molecule has 2 rings (SSSR count). The summed E-state index contributed by atoms with van der Waals surface area (Å²) in [5.41, 5.74) is 5.30. The van der Waals surface area contributed by atoms with Crippen molar-refractivity contribution in [2.75, 3.05) is 26.2 Å². The zero-order valence-electron chi connectivity index (χ0n) is 9.30. The van der Waals surface area contributed by atoms with Crippen LogP contribution >= 0.6 is 0 Å². The molecule has 2 heterocycles. The Balaban J connectivity index is 2.16. The average Bonchev–Trinajstić information content (AvgIpc) is 2.63. The molecule has 1 amide bonds. The number of nitrogens with one attached hydrogen (secondary N) is 1. The normalized spacial score (nSPS) is 33.9. The minimum atomic E-state index is -0.347. The molecule has 0 aromatic heterocycles. The SMILES string of the molecule is NC(=O)C1(N2CCCC2)CCCNCC1. The topological polar surface area (TPSA) is 58.4 Å². The molecule has 0 saturated carbocycles. The van der Waals surface area contributed by atoms with E-state index in [9.17, 15) is 4.79 Å². The highest BCUT2D eigenvalue weighted by atomic mass is 16.1. The van der Waals surface area contributed by atoms with Crippen LogP contribution in [0.4, 0.5) is 0 Å². The van der Waals surface area contributed by atoms with Crippen LogP contribution in [-0.4, -0.2) is 42.5 Å². The van der Waals surface area contributed by atoms with E-state index >= 15 is 0 Å². The zero-order valence-corrected chi connectivity index (χ0v) is 9.30. The van der Waals surface area contributed by atoms with Gasteiger partial charge in [-0.25, -0.2) is 0 Å². The smallest absolute Gasteiger partial charge is 0.238 e. The number of hydrogen-bond acceptors (Lipinski definition) is 3. The van der Waals surface area contributed by atoms with Crippen LogP contribution in [-0.2, 0) is 4.79 Å². The van der Waals surface area contributed by atoms with Gasteiger partial charge in [0, 0.05) is 0 Å². The lowest BCUT2D eigenvalue weighted by Gasteiger charge is -2.38. The summed E-state index contributed by atoms with van der Waals surface area (Å²) >= 11 is 0. The summed E-state index contributed by atoms with van der Waals surface area (Å²) in [6.07, 6.45) is 5.28. The average molecular weight is 211 g/mol. The van der Waals surface area contributed by atoms with E-state index in [2.05, 4.69) is 10.2 Å². The van der Waals surface area contributed by atoms with Crippen LogP contribution in [0.25, 0.3) is 0 Å². The van der Waals surface area contributed by atoms with Gasteiger partial charge in [0.05, 0.1) is 0 Å². The quantitative estimate of drug-likeness (QED) is 0.680. The monoisotopic (exact) mass is 211 g/mol. The summed E-state index contributed by atoms with van der Waals surface area (Å²) in [7, 11) is 0. The molecule has 0 bridgehead atoms. The van der Waals surface area contributed by atoms with Gasteiger partial charge in [-0.15, -0.1) is 0 Å². The van der Waals surface area contributed by atoms with Gasteiger partial charge in [-0.1, -0.05) is 0 Å². The fourth-order valence-corrected chi connectivity index (χ4v) is 2.91. The standard InChI is InChI=1S/C11H21N3O/c12-10(15)11(14-8-1-2-9-14)4-3-6-13-7-5-11/h13H,1-9H2,(H2,12,15). The van der Waals surface area contributed by atoms with Crippen molar-refractivity contribution >= 4 is 5.91 Å². The Kier molecular flexibility index (Phi) is 3.26. The Bertz CT molecular complexity index is 228. The number of carbonyl (C=O) groups is 1. The van der Waals surface area contributed by atoms with E-state index in [-0.39, 0.29) is 11.4 Å². The van der Waals surface area contributed by atoms with Crippen LogP contribution in [0.2, 0.25) is 0 Å². The van der Waals surface area contributed by atoms with Gasteiger partial charge in [0.2, 0.25) is 5.91 Å². The van der Waals surface area contributed by atoms with Gasteiger partial charge in [0.1, 0.15) is 5.54 Å². The maximum absolute atomic E-state index is 11.8. The largest absolute Gasteiger partial charge is 0.368 e. The summed E-state index contributed by atoms with van der Waals surface area (Å²) in [4.78, 5) is 14.1. The minimum Gasteiger partial charge on any atom is -0.368 e. The first-order chi connectivity index (χ1) is 7.26. The molecule has 2 aliphatic rings. The van der Waals surface area contributed by atoms with Crippen molar-refractivity contribution < 1.29 is 4.79 Å². The second-order valence-corrected chi connectivity index (χ2v) is 4.69. The first-order valence-electron chi connectivity index (χ1n) is 6.01. The second kappa shape index (κ2) is 4.49. The van der Waals surface area contributed by atoms with E-state index in [0.717, 1.165) is 45.4 Å². The first-order valence-corrected chi connectivity index (χ1v) is 6.01. The van der Waals surface area contributed by atoms with Gasteiger partial charge in [-0.3, -0.25) is 9.69 Å². The predicted molar refractivity (Wildman–Crippen MR) is 59.5 cm³/mol. The lowest BCUT2D eigenvalue weighted by atomic mass is 9.88. The van der Waals surface area contributed by atoms with Crippen molar-refractivity contribution in [3.63, 3.8) is 0 Å². The van der Waals surface area contributed by atoms with Gasteiger partial charge < -0.3 is 11.1 Å². The summed E-state index contributed by atoms with van der Waals surface area (Å²) in [5, 5.41) is 3.35. The molecule has 15 heavy (non-hydrogen) atoms. The second-order valence-electron chi connectivity index (χ2n) is 4.69. The van der Waals surface area contributed by atoms with Crippen molar-refractivity contribution in [1.29, 1.82) is 0 Å². The van der Waals surface area contributed by atoms with Gasteiger partial charge in [0.15, 0.2) is 0 Å². The third-order valence-electron chi connectivity index (χ3n) is 3.83. The van der Waals surface area contributed by atoms with Crippen molar-refractivity contribution in [2.24, 2.45) is 5.73 Å². The van der Waals surface area contributed by atoms with E-state index in [1.54, 1.807) is 0 Å². The molecule has 4 nitrogen and oxygen atoms in total. The van der Waals surface area contributed by atoms with Crippen molar-refractivity contribution in [3.05, 3.63) is 0 Å². The number of rotatable bonds is 2. The fourth-order valence-electron chi connectivity index (χ4n) is 2.91. The molecule has 0 aromatic carbocycles. The van der Waals surface area contributed by atoms with Crippen molar-refractivity contribution in [3.8, 4) is 0 Å². The van der Waals surface area contributed by atoms with Crippen LogP contribution < -0.4 is 11.1 Å². The highest BCUT2D eigenvalue weighted by Crippen LogP contribution is 2.30. The zero-order chi connectivity index (χ0) is 10.7. The molecule has 2 saturated heterocycles. The predicted octanol–water partition coefficient (Wildman–Crippen LogP) is 0.0798. The Morgan fingerprint density at radius 2 is 1.87 bits per heavy atom. The molecule has 0 radical (unpaired) electrons. The molecule has 1 unspecified atom stereocenters. The number of carbonyl (C=O) groups excluding carboxylic acids is 1. The molecule has 86 valence electrons. The first kappa shape index (κ1) is 10.9. The van der Waals surface area contributed by atoms with E-state index in [1.165, 1.54) is 12.8 Å². The summed E-state index contributed by atoms with van der Waals surface area (Å²) < 4.78 is 0. The molecule has 2 fully saturated rings. The molecule has 0 spiro atoms. The van der Waals surface area contributed by atoms with Gasteiger partial charge in [-0.05, 0) is 58.3 Å². The van der Waals surface area contributed by atoms with Crippen molar-refractivity contribution in [1.82, 2.24) is 10.2 Å². The number of nitrogens with zero attached hydrogens (tertiary/aromatic N) is 1. The highest BCUT2D eigenvalue weighted by Gasteiger charge is 2.43.